The molecule has 3 aromatic rings. The number of benzene rings is 1. The molecule has 0 unspecified atom stereocenters. The number of aliphatic hydroxyl groups excluding tert-OH is 1. The van der Waals surface area contributed by atoms with Crippen molar-refractivity contribution in [2.24, 2.45) is 4.99 Å². The predicted molar refractivity (Wildman–Crippen MR) is 85.2 cm³/mol. The molecule has 0 fully saturated rings. The molecule has 1 aromatic carbocycles. The van der Waals surface area contributed by atoms with Gasteiger partial charge < -0.3 is 14.8 Å². The van der Waals surface area contributed by atoms with Gasteiger partial charge >= 0.3 is 0 Å². The van der Waals surface area contributed by atoms with E-state index in [-0.39, 0.29) is 6.61 Å². The van der Waals surface area contributed by atoms with Crippen LogP contribution in [-0.2, 0) is 6.61 Å². The van der Waals surface area contributed by atoms with Crippen molar-refractivity contribution in [3.05, 3.63) is 59.0 Å². The maximum absolute atomic E-state index is 8.93. The van der Waals surface area contributed by atoms with Gasteiger partial charge in [-0.1, -0.05) is 17.7 Å². The van der Waals surface area contributed by atoms with Gasteiger partial charge in [0.15, 0.2) is 5.82 Å². The summed E-state index contributed by atoms with van der Waals surface area (Å²) in [6.07, 6.45) is 1.54. The second-order valence-electron chi connectivity index (χ2n) is 4.50. The van der Waals surface area contributed by atoms with Crippen LogP contribution in [0.4, 0.5) is 17.3 Å². The van der Waals surface area contributed by atoms with Gasteiger partial charge in [-0.05, 0) is 30.3 Å². The molecule has 0 aliphatic rings. The molecular weight excluding hydrogens is 304 g/mol. The van der Waals surface area contributed by atoms with Gasteiger partial charge in [0.25, 0.3) is 0 Å². The van der Waals surface area contributed by atoms with Crippen LogP contribution < -0.4 is 5.32 Å². The zero-order chi connectivity index (χ0) is 15.4. The summed E-state index contributed by atoms with van der Waals surface area (Å²) in [7, 11) is 0. The first kappa shape index (κ1) is 14.4. The van der Waals surface area contributed by atoms with Gasteiger partial charge in [-0.2, -0.15) is 5.10 Å². The Morgan fingerprint density at radius 3 is 3.00 bits per heavy atom. The molecule has 2 aromatic heterocycles. The Labute approximate surface area is 131 Å². The van der Waals surface area contributed by atoms with Gasteiger partial charge in [-0.25, -0.2) is 4.99 Å². The Bertz CT molecular complexity index is 794. The third-order valence-corrected chi connectivity index (χ3v) is 3.07. The number of hydrogen-bond donors (Lipinski definition) is 3. The van der Waals surface area contributed by atoms with Gasteiger partial charge in [0.2, 0.25) is 0 Å². The van der Waals surface area contributed by atoms with E-state index in [1.54, 1.807) is 30.5 Å². The SMILES string of the molecule is OCc1ccc(C=Nc2cc(Nc3cccc(Cl)c3)[nH]n2)o1. The predicted octanol–water partition coefficient (Wildman–Crippen LogP) is 3.64. The van der Waals surface area contributed by atoms with Gasteiger partial charge in [0.05, 0.1) is 6.21 Å². The molecule has 0 saturated heterocycles. The molecule has 0 aliphatic carbocycles. The smallest absolute Gasteiger partial charge is 0.175 e. The van der Waals surface area contributed by atoms with E-state index in [9.17, 15) is 0 Å². The highest BCUT2D eigenvalue weighted by atomic mass is 35.5. The standard InChI is InChI=1S/C15H13ClN4O2/c16-10-2-1-3-11(6-10)18-15-7-14(19-20-15)17-8-12-4-5-13(9-21)22-12/h1-8,21H,9H2,(H2,18,19,20). The first-order valence-electron chi connectivity index (χ1n) is 6.54. The van der Waals surface area contributed by atoms with E-state index in [1.165, 1.54) is 0 Å². The number of aliphatic imine (C=N–C) groups is 1. The quantitative estimate of drug-likeness (QED) is 0.627. The molecule has 0 amide bonds. The van der Waals surface area contributed by atoms with E-state index < -0.39 is 0 Å². The average molecular weight is 317 g/mol. The molecule has 3 rings (SSSR count). The molecular formula is C15H13ClN4O2. The normalized spacial score (nSPS) is 11.2. The van der Waals surface area contributed by atoms with Crippen LogP contribution in [0, 0.1) is 0 Å². The fourth-order valence-electron chi connectivity index (χ4n) is 1.84. The minimum atomic E-state index is -0.135. The number of hydrogen-bond acceptors (Lipinski definition) is 5. The van der Waals surface area contributed by atoms with Crippen molar-refractivity contribution in [1.29, 1.82) is 0 Å². The van der Waals surface area contributed by atoms with Gasteiger partial charge in [0.1, 0.15) is 23.9 Å². The molecule has 22 heavy (non-hydrogen) atoms. The van der Waals surface area contributed by atoms with Crippen LogP contribution in [-0.4, -0.2) is 21.5 Å². The molecule has 3 N–H and O–H groups in total. The van der Waals surface area contributed by atoms with E-state index in [4.69, 9.17) is 21.1 Å². The Balaban J connectivity index is 1.68. The largest absolute Gasteiger partial charge is 0.458 e. The molecule has 6 nitrogen and oxygen atoms in total. The van der Waals surface area contributed by atoms with Gasteiger partial charge in [-0.3, -0.25) is 5.10 Å². The van der Waals surface area contributed by atoms with Crippen LogP contribution in [0.25, 0.3) is 0 Å². The molecule has 112 valence electrons. The fourth-order valence-corrected chi connectivity index (χ4v) is 2.03. The highest BCUT2D eigenvalue weighted by Gasteiger charge is 2.02. The summed E-state index contributed by atoms with van der Waals surface area (Å²) in [4.78, 5) is 4.20. The van der Waals surface area contributed by atoms with Crippen molar-refractivity contribution in [2.45, 2.75) is 6.61 Å². The Morgan fingerprint density at radius 1 is 1.32 bits per heavy atom. The lowest BCUT2D eigenvalue weighted by Gasteiger charge is -2.02. The summed E-state index contributed by atoms with van der Waals surface area (Å²) >= 11 is 5.93. The summed E-state index contributed by atoms with van der Waals surface area (Å²) < 4.78 is 5.30. The molecule has 0 spiro atoms. The third-order valence-electron chi connectivity index (χ3n) is 2.83. The Hall–Kier alpha value is -2.57. The van der Waals surface area contributed by atoms with Gasteiger partial charge in [-0.15, -0.1) is 0 Å². The van der Waals surface area contributed by atoms with Crippen LogP contribution >= 0.6 is 11.6 Å². The number of H-pyrrole nitrogens is 1. The number of anilines is 2. The number of aromatic nitrogens is 2. The van der Waals surface area contributed by atoms with Crippen LogP contribution in [0.3, 0.4) is 0 Å². The van der Waals surface area contributed by atoms with E-state index in [1.807, 2.05) is 18.2 Å². The van der Waals surface area contributed by atoms with Crippen molar-refractivity contribution in [1.82, 2.24) is 10.2 Å². The van der Waals surface area contributed by atoms with Crippen LogP contribution in [0.5, 0.6) is 0 Å². The first-order chi connectivity index (χ1) is 10.7. The third kappa shape index (κ3) is 3.55. The van der Waals surface area contributed by atoms with E-state index in [2.05, 4.69) is 20.5 Å². The Kier molecular flexibility index (Phi) is 4.22. The summed E-state index contributed by atoms with van der Waals surface area (Å²) in [5.74, 6) is 2.25. The monoisotopic (exact) mass is 316 g/mol. The molecule has 2 heterocycles. The molecule has 0 bridgehead atoms. The number of nitrogens with zero attached hydrogens (tertiary/aromatic N) is 2. The molecule has 0 radical (unpaired) electrons. The number of halogens is 1. The summed E-state index contributed by atoms with van der Waals surface area (Å²) in [5.41, 5.74) is 0.852. The van der Waals surface area contributed by atoms with Crippen molar-refractivity contribution >= 4 is 35.1 Å². The lowest BCUT2D eigenvalue weighted by molar-refractivity contribution is 0.247. The maximum atomic E-state index is 8.93. The minimum Gasteiger partial charge on any atom is -0.458 e. The van der Waals surface area contributed by atoms with Crippen molar-refractivity contribution < 1.29 is 9.52 Å². The van der Waals surface area contributed by atoms with Crippen LogP contribution in [0.15, 0.2) is 51.9 Å². The number of aliphatic hydroxyl groups is 1. The minimum absolute atomic E-state index is 0.135. The number of rotatable bonds is 5. The summed E-state index contributed by atoms with van der Waals surface area (Å²) in [6.45, 7) is -0.135. The number of furan rings is 1. The van der Waals surface area contributed by atoms with E-state index >= 15 is 0 Å². The van der Waals surface area contributed by atoms with Crippen molar-refractivity contribution in [3.8, 4) is 0 Å². The van der Waals surface area contributed by atoms with Crippen molar-refractivity contribution in [2.75, 3.05) is 5.32 Å². The fraction of sp³-hybridized carbons (Fsp3) is 0.0667. The zero-order valence-electron chi connectivity index (χ0n) is 11.5. The van der Waals surface area contributed by atoms with E-state index in [0.29, 0.717) is 28.2 Å². The number of nitrogens with one attached hydrogen (secondary N) is 2. The second-order valence-corrected chi connectivity index (χ2v) is 4.93. The highest BCUT2D eigenvalue weighted by molar-refractivity contribution is 6.30. The zero-order valence-corrected chi connectivity index (χ0v) is 12.2. The van der Waals surface area contributed by atoms with Crippen molar-refractivity contribution in [3.63, 3.8) is 0 Å². The first-order valence-corrected chi connectivity index (χ1v) is 6.92. The van der Waals surface area contributed by atoms with E-state index in [0.717, 1.165) is 5.69 Å². The van der Waals surface area contributed by atoms with Crippen LogP contribution in [0.1, 0.15) is 11.5 Å². The summed E-state index contributed by atoms with van der Waals surface area (Å²) in [5, 5.41) is 19.6. The van der Waals surface area contributed by atoms with Crippen LogP contribution in [0.2, 0.25) is 5.02 Å². The summed E-state index contributed by atoms with van der Waals surface area (Å²) in [6, 6.07) is 12.5. The lowest BCUT2D eigenvalue weighted by atomic mass is 10.3. The average Bonchev–Trinajstić information content (AvgIpc) is 3.14. The second kappa shape index (κ2) is 6.46. The number of aromatic amines is 1. The topological polar surface area (TPSA) is 86.4 Å². The van der Waals surface area contributed by atoms with Gasteiger partial charge in [0, 0.05) is 16.8 Å². The molecule has 0 saturated carbocycles. The molecule has 0 atom stereocenters. The molecule has 7 heteroatoms. The Morgan fingerprint density at radius 2 is 2.23 bits per heavy atom. The molecule has 0 aliphatic heterocycles. The lowest BCUT2D eigenvalue weighted by Crippen LogP contribution is -1.89. The maximum Gasteiger partial charge on any atom is 0.175 e. The highest BCUT2D eigenvalue weighted by Crippen LogP contribution is 2.21.